The third-order valence-electron chi connectivity index (χ3n) is 7.69. The number of benzene rings is 3. The van der Waals surface area contributed by atoms with Crippen molar-refractivity contribution in [2.24, 2.45) is 0 Å². The highest BCUT2D eigenvalue weighted by Gasteiger charge is 2.27. The van der Waals surface area contributed by atoms with E-state index in [9.17, 15) is 9.50 Å². The van der Waals surface area contributed by atoms with Gasteiger partial charge in [-0.2, -0.15) is 0 Å². The Morgan fingerprint density at radius 3 is 2.40 bits per heavy atom. The van der Waals surface area contributed by atoms with Crippen molar-refractivity contribution in [3.63, 3.8) is 0 Å². The van der Waals surface area contributed by atoms with Crippen LogP contribution in [0, 0.1) is 17.5 Å². The fraction of sp³-hybridized carbons (Fsp3) is 0.412. The summed E-state index contributed by atoms with van der Waals surface area (Å²) in [6.07, 6.45) is 7.20. The first-order chi connectivity index (χ1) is 19.4. The molecule has 3 aromatic rings. The molecule has 6 heteroatoms. The third kappa shape index (κ3) is 7.55. The number of ether oxygens (including phenoxy) is 2. The fourth-order valence-corrected chi connectivity index (χ4v) is 5.34. The molecule has 0 radical (unpaired) electrons. The van der Waals surface area contributed by atoms with Crippen molar-refractivity contribution in [3.05, 3.63) is 101 Å². The predicted octanol–water partition coefficient (Wildman–Crippen LogP) is 9.19. The Hall–Kier alpha value is -3.09. The van der Waals surface area contributed by atoms with Crippen molar-refractivity contribution in [3.8, 4) is 16.9 Å². The van der Waals surface area contributed by atoms with Gasteiger partial charge in [-0.3, -0.25) is 0 Å². The van der Waals surface area contributed by atoms with E-state index in [-0.39, 0.29) is 29.9 Å². The molecule has 40 heavy (non-hydrogen) atoms. The highest BCUT2D eigenvalue weighted by atomic mass is 19.2. The summed E-state index contributed by atoms with van der Waals surface area (Å²) in [6, 6.07) is 15.2. The molecule has 1 unspecified atom stereocenters. The van der Waals surface area contributed by atoms with Crippen molar-refractivity contribution in [2.75, 3.05) is 6.61 Å². The topological polar surface area (TPSA) is 38.7 Å². The smallest absolute Gasteiger partial charge is 0.166 e. The van der Waals surface area contributed by atoms with Gasteiger partial charge in [-0.1, -0.05) is 61.9 Å². The zero-order valence-electron chi connectivity index (χ0n) is 23.2. The zero-order chi connectivity index (χ0) is 28.5. The first-order valence-electron chi connectivity index (χ1n) is 14.3. The summed E-state index contributed by atoms with van der Waals surface area (Å²) in [6.45, 7) is 6.39. The van der Waals surface area contributed by atoms with Crippen LogP contribution < -0.4 is 4.74 Å². The summed E-state index contributed by atoms with van der Waals surface area (Å²) in [7, 11) is 0. The molecule has 3 nitrogen and oxygen atoms in total. The number of unbranched alkanes of at least 4 members (excludes halogenated alkanes) is 1. The molecule has 0 aromatic heterocycles. The second-order valence-corrected chi connectivity index (χ2v) is 10.6. The van der Waals surface area contributed by atoms with Gasteiger partial charge in [0.15, 0.2) is 23.2 Å². The molecule has 0 heterocycles. The number of halogens is 3. The number of allylic oxidation sites excluding steroid dienone is 1. The van der Waals surface area contributed by atoms with Crippen molar-refractivity contribution >= 4 is 0 Å². The van der Waals surface area contributed by atoms with Crippen molar-refractivity contribution < 1.29 is 27.8 Å². The van der Waals surface area contributed by atoms with Crippen LogP contribution in [0.2, 0.25) is 0 Å². The maximum Gasteiger partial charge on any atom is 0.166 e. The first kappa shape index (κ1) is 29.9. The van der Waals surface area contributed by atoms with Crippen LogP contribution in [0.5, 0.6) is 5.75 Å². The maximum absolute atomic E-state index is 15.2. The summed E-state index contributed by atoms with van der Waals surface area (Å²) < 4.78 is 56.2. The Balaban J connectivity index is 1.30. The Morgan fingerprint density at radius 2 is 1.73 bits per heavy atom. The Labute approximate surface area is 235 Å². The van der Waals surface area contributed by atoms with Crippen molar-refractivity contribution in [1.29, 1.82) is 0 Å². The standard InChI is InChI=1S/C34H39F3O3/c1-3-5-6-20-39-32-19-8-23(21-30(32)35)22-40-27-15-13-25(14-16-27)29-18-17-28(33(36)34(29)37)24-9-11-26(12-10-24)31(38)7-4-2/h3,8-12,17-19,21,25,27,31,38H,1,4-7,13-16,20,22H2,2H3. The van der Waals surface area contributed by atoms with Gasteiger partial charge >= 0.3 is 0 Å². The average Bonchev–Trinajstić information content (AvgIpc) is 2.97. The van der Waals surface area contributed by atoms with Crippen LogP contribution in [0.4, 0.5) is 13.2 Å². The number of rotatable bonds is 13. The molecular formula is C34H39F3O3. The Bertz CT molecular complexity index is 1250. The van der Waals surface area contributed by atoms with Crippen molar-refractivity contribution in [2.45, 2.75) is 83.0 Å². The SMILES string of the molecule is C=CCCCOc1ccc(COC2CCC(c3ccc(-c4ccc(C(O)CCC)cc4)c(F)c3F)CC2)cc1F. The first-order valence-corrected chi connectivity index (χ1v) is 14.3. The van der Waals surface area contributed by atoms with Crippen LogP contribution >= 0.6 is 0 Å². The molecule has 3 aromatic carbocycles. The lowest BCUT2D eigenvalue weighted by Gasteiger charge is -2.29. The normalized spacial score (nSPS) is 17.9. The molecule has 0 spiro atoms. The quantitative estimate of drug-likeness (QED) is 0.170. The van der Waals surface area contributed by atoms with E-state index >= 15 is 8.78 Å². The number of hydrogen-bond acceptors (Lipinski definition) is 3. The summed E-state index contributed by atoms with van der Waals surface area (Å²) in [5.41, 5.74) is 2.70. The summed E-state index contributed by atoms with van der Waals surface area (Å²) in [4.78, 5) is 0. The lowest BCUT2D eigenvalue weighted by Crippen LogP contribution is -2.21. The minimum atomic E-state index is -0.840. The van der Waals surface area contributed by atoms with Crippen LogP contribution in [-0.4, -0.2) is 17.8 Å². The van der Waals surface area contributed by atoms with Gasteiger partial charge in [0.2, 0.25) is 0 Å². The number of hydrogen-bond donors (Lipinski definition) is 1. The summed E-state index contributed by atoms with van der Waals surface area (Å²) in [5, 5.41) is 10.2. The molecule has 1 saturated carbocycles. The van der Waals surface area contributed by atoms with Crippen LogP contribution in [0.3, 0.4) is 0 Å². The summed E-state index contributed by atoms with van der Waals surface area (Å²) >= 11 is 0. The van der Waals surface area contributed by atoms with Crippen LogP contribution in [0.25, 0.3) is 11.1 Å². The van der Waals surface area contributed by atoms with Crippen molar-refractivity contribution in [1.82, 2.24) is 0 Å². The van der Waals surface area contributed by atoms with Crippen LogP contribution in [0.15, 0.2) is 67.3 Å². The number of aliphatic hydroxyl groups excluding tert-OH is 1. The lowest BCUT2D eigenvalue weighted by molar-refractivity contribution is 0.0130. The van der Waals surface area contributed by atoms with Gasteiger partial charge in [-0.05, 0) is 85.3 Å². The Kier molecular flexibility index (Phi) is 10.8. The van der Waals surface area contributed by atoms with E-state index in [1.54, 1.807) is 54.6 Å². The van der Waals surface area contributed by atoms with Gasteiger partial charge in [0, 0.05) is 5.56 Å². The van der Waals surface area contributed by atoms with E-state index in [0.29, 0.717) is 37.0 Å². The highest BCUT2D eigenvalue weighted by Crippen LogP contribution is 2.38. The maximum atomic E-state index is 15.2. The largest absolute Gasteiger partial charge is 0.491 e. The van der Waals surface area contributed by atoms with Gasteiger partial charge in [-0.25, -0.2) is 13.2 Å². The molecular weight excluding hydrogens is 513 g/mol. The minimum absolute atomic E-state index is 0.0112. The molecule has 1 atom stereocenters. The van der Waals surface area contributed by atoms with E-state index < -0.39 is 23.6 Å². The predicted molar refractivity (Wildman–Crippen MR) is 153 cm³/mol. The molecule has 0 amide bonds. The monoisotopic (exact) mass is 552 g/mol. The van der Waals surface area contributed by atoms with Crippen LogP contribution in [0.1, 0.15) is 87.0 Å². The molecule has 1 aliphatic rings. The van der Waals surface area contributed by atoms with Gasteiger partial charge < -0.3 is 14.6 Å². The molecule has 1 N–H and O–H groups in total. The molecule has 0 saturated heterocycles. The molecule has 4 rings (SSSR count). The average molecular weight is 553 g/mol. The zero-order valence-corrected chi connectivity index (χ0v) is 23.2. The number of aliphatic hydroxyl groups is 1. The molecule has 1 aliphatic carbocycles. The van der Waals surface area contributed by atoms with E-state index in [2.05, 4.69) is 6.58 Å². The van der Waals surface area contributed by atoms with E-state index in [1.807, 2.05) is 6.92 Å². The highest BCUT2D eigenvalue weighted by molar-refractivity contribution is 5.65. The molecule has 214 valence electrons. The van der Waals surface area contributed by atoms with Gasteiger partial charge in [0.25, 0.3) is 0 Å². The molecule has 0 bridgehead atoms. The summed E-state index contributed by atoms with van der Waals surface area (Å²) in [5.74, 6) is -1.89. The van der Waals surface area contributed by atoms with Gasteiger partial charge in [0.1, 0.15) is 0 Å². The van der Waals surface area contributed by atoms with Crippen LogP contribution in [-0.2, 0) is 11.3 Å². The second-order valence-electron chi connectivity index (χ2n) is 10.6. The molecule has 0 aliphatic heterocycles. The minimum Gasteiger partial charge on any atom is -0.491 e. The van der Waals surface area contributed by atoms with Gasteiger partial charge in [0.05, 0.1) is 25.4 Å². The lowest BCUT2D eigenvalue weighted by atomic mass is 9.82. The van der Waals surface area contributed by atoms with E-state index in [0.717, 1.165) is 43.2 Å². The second kappa shape index (κ2) is 14.5. The fourth-order valence-electron chi connectivity index (χ4n) is 5.34. The van der Waals surface area contributed by atoms with Gasteiger partial charge in [-0.15, -0.1) is 6.58 Å². The molecule has 1 fully saturated rings. The van der Waals surface area contributed by atoms with E-state index in [1.165, 1.54) is 6.07 Å². The third-order valence-corrected chi connectivity index (χ3v) is 7.69. The Morgan fingerprint density at radius 1 is 0.975 bits per heavy atom. The van der Waals surface area contributed by atoms with E-state index in [4.69, 9.17) is 9.47 Å².